The van der Waals surface area contributed by atoms with Crippen molar-refractivity contribution in [2.75, 3.05) is 5.32 Å². The van der Waals surface area contributed by atoms with Crippen molar-refractivity contribution in [1.29, 1.82) is 5.26 Å². The molecule has 1 N–H and O–H groups in total. The van der Waals surface area contributed by atoms with E-state index in [1.54, 1.807) is 0 Å². The highest BCUT2D eigenvalue weighted by atomic mass is 15.0. The Morgan fingerprint density at radius 3 is 2.44 bits per heavy atom. The zero-order valence-electron chi connectivity index (χ0n) is 10.6. The molecule has 16 heavy (non-hydrogen) atoms. The largest absolute Gasteiger partial charge is 0.379 e. The molecule has 0 saturated carbocycles. The van der Waals surface area contributed by atoms with Gasteiger partial charge in [-0.25, -0.2) is 0 Å². The van der Waals surface area contributed by atoms with Gasteiger partial charge in [0.25, 0.3) is 0 Å². The van der Waals surface area contributed by atoms with Gasteiger partial charge in [-0.3, -0.25) is 0 Å². The van der Waals surface area contributed by atoms with Gasteiger partial charge in [-0.2, -0.15) is 5.26 Å². The van der Waals surface area contributed by atoms with Crippen LogP contribution in [0.2, 0.25) is 0 Å². The summed E-state index contributed by atoms with van der Waals surface area (Å²) in [6, 6.07) is 8.20. The number of anilines is 1. The van der Waals surface area contributed by atoms with Gasteiger partial charge in [0.2, 0.25) is 0 Å². The van der Waals surface area contributed by atoms with Crippen molar-refractivity contribution in [2.24, 2.45) is 0 Å². The standard InChI is InChI=1S/C14H20N2/c1-5-14(4,6-2)16-13-8-7-11(3)9-12(13)10-15/h7-9,16H,5-6H2,1-4H3. The van der Waals surface area contributed by atoms with Gasteiger partial charge in [0.1, 0.15) is 6.07 Å². The molecule has 2 nitrogen and oxygen atoms in total. The zero-order chi connectivity index (χ0) is 12.2. The summed E-state index contributed by atoms with van der Waals surface area (Å²) >= 11 is 0. The van der Waals surface area contributed by atoms with Gasteiger partial charge in [0.15, 0.2) is 0 Å². The second-order valence-electron chi connectivity index (χ2n) is 4.55. The van der Waals surface area contributed by atoms with Crippen molar-refractivity contribution in [1.82, 2.24) is 0 Å². The van der Waals surface area contributed by atoms with Crippen LogP contribution in [0.3, 0.4) is 0 Å². The molecule has 1 rings (SSSR count). The van der Waals surface area contributed by atoms with Gasteiger partial charge in [0.05, 0.1) is 11.3 Å². The maximum Gasteiger partial charge on any atom is 0.101 e. The first-order valence-corrected chi connectivity index (χ1v) is 5.83. The van der Waals surface area contributed by atoms with Crippen LogP contribution in [-0.2, 0) is 0 Å². The lowest BCUT2D eigenvalue weighted by atomic mass is 9.94. The minimum Gasteiger partial charge on any atom is -0.379 e. The molecule has 0 heterocycles. The minimum absolute atomic E-state index is 0.0703. The van der Waals surface area contributed by atoms with Crippen molar-refractivity contribution >= 4 is 5.69 Å². The number of nitriles is 1. The van der Waals surface area contributed by atoms with Crippen LogP contribution in [0.15, 0.2) is 18.2 Å². The van der Waals surface area contributed by atoms with Gasteiger partial charge in [-0.05, 0) is 44.4 Å². The lowest BCUT2D eigenvalue weighted by Crippen LogP contribution is -2.33. The van der Waals surface area contributed by atoms with Crippen LogP contribution >= 0.6 is 0 Å². The summed E-state index contributed by atoms with van der Waals surface area (Å²) in [6.07, 6.45) is 2.09. The Hall–Kier alpha value is -1.49. The Bertz CT molecular complexity index is 398. The van der Waals surface area contributed by atoms with Crippen molar-refractivity contribution in [3.63, 3.8) is 0 Å². The highest BCUT2D eigenvalue weighted by molar-refractivity contribution is 5.59. The maximum absolute atomic E-state index is 9.10. The van der Waals surface area contributed by atoms with Crippen LogP contribution in [0.5, 0.6) is 0 Å². The summed E-state index contributed by atoms with van der Waals surface area (Å²) in [5.74, 6) is 0. The van der Waals surface area contributed by atoms with E-state index in [1.807, 2.05) is 25.1 Å². The average molecular weight is 216 g/mol. The quantitative estimate of drug-likeness (QED) is 0.829. The fraction of sp³-hybridized carbons (Fsp3) is 0.500. The second kappa shape index (κ2) is 5.03. The van der Waals surface area contributed by atoms with Crippen LogP contribution in [0, 0.1) is 18.3 Å². The molecule has 0 radical (unpaired) electrons. The molecule has 0 aromatic heterocycles. The molecule has 0 aliphatic heterocycles. The molecule has 1 aromatic rings. The predicted molar refractivity (Wildman–Crippen MR) is 68.5 cm³/mol. The van der Waals surface area contributed by atoms with Crippen molar-refractivity contribution < 1.29 is 0 Å². The van der Waals surface area contributed by atoms with Crippen molar-refractivity contribution in [2.45, 2.75) is 46.1 Å². The van der Waals surface area contributed by atoms with E-state index in [0.29, 0.717) is 0 Å². The highest BCUT2D eigenvalue weighted by Crippen LogP contribution is 2.24. The number of hydrogen-bond acceptors (Lipinski definition) is 2. The van der Waals surface area contributed by atoms with Crippen LogP contribution in [0.25, 0.3) is 0 Å². The Kier molecular flexibility index (Phi) is 3.95. The van der Waals surface area contributed by atoms with Crippen molar-refractivity contribution in [3.05, 3.63) is 29.3 Å². The Morgan fingerprint density at radius 1 is 1.31 bits per heavy atom. The normalized spacial score (nSPS) is 10.9. The fourth-order valence-corrected chi connectivity index (χ4v) is 1.61. The van der Waals surface area contributed by atoms with E-state index >= 15 is 0 Å². The third-order valence-electron chi connectivity index (χ3n) is 3.29. The van der Waals surface area contributed by atoms with E-state index in [4.69, 9.17) is 5.26 Å². The van der Waals surface area contributed by atoms with Crippen LogP contribution < -0.4 is 5.32 Å². The van der Waals surface area contributed by atoms with Gasteiger partial charge in [0, 0.05) is 5.54 Å². The molecular formula is C14H20N2. The molecular weight excluding hydrogens is 196 g/mol. The smallest absolute Gasteiger partial charge is 0.101 e. The third kappa shape index (κ3) is 2.76. The molecule has 0 saturated heterocycles. The van der Waals surface area contributed by atoms with E-state index in [-0.39, 0.29) is 5.54 Å². The SMILES string of the molecule is CCC(C)(CC)Nc1ccc(C)cc1C#N. The summed E-state index contributed by atoms with van der Waals surface area (Å²) < 4.78 is 0. The molecule has 0 aliphatic carbocycles. The monoisotopic (exact) mass is 216 g/mol. The molecule has 86 valence electrons. The Balaban J connectivity index is 3.02. The van der Waals surface area contributed by atoms with Gasteiger partial charge in [-0.1, -0.05) is 19.9 Å². The number of nitrogens with zero attached hydrogens (tertiary/aromatic N) is 1. The van der Waals surface area contributed by atoms with E-state index in [9.17, 15) is 0 Å². The first kappa shape index (κ1) is 12.6. The molecule has 2 heteroatoms. The van der Waals surface area contributed by atoms with Crippen LogP contribution in [0.1, 0.15) is 44.7 Å². The Labute approximate surface area is 98.3 Å². The summed E-state index contributed by atoms with van der Waals surface area (Å²) in [7, 11) is 0. The fourth-order valence-electron chi connectivity index (χ4n) is 1.61. The number of aryl methyl sites for hydroxylation is 1. The lowest BCUT2D eigenvalue weighted by molar-refractivity contribution is 0.478. The van der Waals surface area contributed by atoms with E-state index in [1.165, 1.54) is 0 Å². The van der Waals surface area contributed by atoms with Crippen LogP contribution in [0.4, 0.5) is 5.69 Å². The zero-order valence-corrected chi connectivity index (χ0v) is 10.6. The summed E-state index contributed by atoms with van der Waals surface area (Å²) in [6.45, 7) is 8.52. The molecule has 0 fully saturated rings. The number of rotatable bonds is 4. The maximum atomic E-state index is 9.10. The molecule has 0 atom stereocenters. The van der Waals surface area contributed by atoms with Gasteiger partial charge in [-0.15, -0.1) is 0 Å². The van der Waals surface area contributed by atoms with E-state index in [0.717, 1.165) is 29.7 Å². The second-order valence-corrected chi connectivity index (χ2v) is 4.55. The molecule has 1 aromatic carbocycles. The number of nitrogens with one attached hydrogen (secondary N) is 1. The molecule has 0 unspecified atom stereocenters. The van der Waals surface area contributed by atoms with Crippen molar-refractivity contribution in [3.8, 4) is 6.07 Å². The topological polar surface area (TPSA) is 35.8 Å². The number of hydrogen-bond donors (Lipinski definition) is 1. The summed E-state index contributed by atoms with van der Waals surface area (Å²) in [5, 5.41) is 12.6. The average Bonchev–Trinajstić information content (AvgIpc) is 2.31. The Morgan fingerprint density at radius 2 is 1.94 bits per heavy atom. The predicted octanol–water partition coefficient (Wildman–Crippen LogP) is 3.86. The highest BCUT2D eigenvalue weighted by Gasteiger charge is 2.20. The van der Waals surface area contributed by atoms with Crippen LogP contribution in [-0.4, -0.2) is 5.54 Å². The molecule has 0 amide bonds. The van der Waals surface area contributed by atoms with Gasteiger partial charge >= 0.3 is 0 Å². The molecule has 0 bridgehead atoms. The molecule has 0 aliphatic rings. The molecule has 0 spiro atoms. The van der Waals surface area contributed by atoms with Gasteiger partial charge < -0.3 is 5.32 Å². The lowest BCUT2D eigenvalue weighted by Gasteiger charge is -2.30. The third-order valence-corrected chi connectivity index (χ3v) is 3.29. The van der Waals surface area contributed by atoms with E-state index < -0.39 is 0 Å². The summed E-state index contributed by atoms with van der Waals surface area (Å²) in [5.41, 5.74) is 2.87. The first-order chi connectivity index (χ1) is 7.54. The first-order valence-electron chi connectivity index (χ1n) is 5.83. The minimum atomic E-state index is 0.0703. The number of benzene rings is 1. The summed E-state index contributed by atoms with van der Waals surface area (Å²) in [4.78, 5) is 0. The van der Waals surface area contributed by atoms with E-state index in [2.05, 4.69) is 32.2 Å².